The molecule has 4 nitrogen and oxygen atoms in total. The monoisotopic (exact) mass is 341 g/mol. The molecular weight excluding hydrogens is 322 g/mol. The predicted octanol–water partition coefficient (Wildman–Crippen LogP) is 2.57. The predicted molar refractivity (Wildman–Crippen MR) is 80.3 cm³/mol. The summed E-state index contributed by atoms with van der Waals surface area (Å²) in [4.78, 5) is 2.37. The Bertz CT molecular complexity index is 494. The Morgan fingerprint density at radius 3 is 2.45 bits per heavy atom. The molecule has 2 aliphatic rings. The topological polar surface area (TPSA) is 41.9 Å². The second kappa shape index (κ2) is 5.54. The van der Waals surface area contributed by atoms with E-state index in [9.17, 15) is 5.11 Å². The fraction of sp³-hybridized carbons (Fsp3) is 0.600. The number of fused-ring (bicyclic) bond motifs is 1. The van der Waals surface area contributed by atoms with Crippen LogP contribution in [0.25, 0.3) is 0 Å². The highest BCUT2D eigenvalue weighted by Gasteiger charge is 2.27. The second-order valence-electron chi connectivity index (χ2n) is 5.86. The van der Waals surface area contributed by atoms with Crippen molar-refractivity contribution in [3.63, 3.8) is 0 Å². The molecule has 1 fully saturated rings. The molecule has 0 radical (unpaired) electrons. The molecule has 1 aromatic rings. The molecule has 1 saturated heterocycles. The van der Waals surface area contributed by atoms with Gasteiger partial charge in [-0.2, -0.15) is 0 Å². The van der Waals surface area contributed by atoms with Crippen molar-refractivity contribution in [2.75, 3.05) is 26.3 Å². The summed E-state index contributed by atoms with van der Waals surface area (Å²) < 4.78 is 12.3. The highest BCUT2D eigenvalue weighted by molar-refractivity contribution is 9.10. The average molecular weight is 342 g/mol. The highest BCUT2D eigenvalue weighted by atomic mass is 79.9. The van der Waals surface area contributed by atoms with E-state index in [1.807, 2.05) is 13.0 Å². The average Bonchev–Trinajstić information content (AvgIpc) is 2.42. The van der Waals surface area contributed by atoms with Crippen molar-refractivity contribution in [2.45, 2.75) is 31.9 Å². The van der Waals surface area contributed by atoms with Crippen molar-refractivity contribution in [1.82, 2.24) is 4.90 Å². The highest BCUT2D eigenvalue weighted by Crippen LogP contribution is 2.36. The molecule has 0 aliphatic carbocycles. The fourth-order valence-electron chi connectivity index (χ4n) is 2.66. The Morgan fingerprint density at radius 1 is 1.20 bits per heavy atom. The molecule has 5 heteroatoms. The van der Waals surface area contributed by atoms with Gasteiger partial charge in [0.1, 0.15) is 13.2 Å². The molecule has 0 saturated carbocycles. The van der Waals surface area contributed by atoms with Crippen molar-refractivity contribution in [1.29, 1.82) is 0 Å². The van der Waals surface area contributed by atoms with E-state index in [0.29, 0.717) is 13.2 Å². The number of aliphatic hydroxyl groups is 1. The zero-order chi connectivity index (χ0) is 14.2. The summed E-state index contributed by atoms with van der Waals surface area (Å²) in [5.74, 6) is 1.65. The first-order valence-corrected chi connectivity index (χ1v) is 7.86. The van der Waals surface area contributed by atoms with Crippen LogP contribution in [0.2, 0.25) is 0 Å². The third-order valence-corrected chi connectivity index (χ3v) is 4.78. The number of halogens is 1. The second-order valence-corrected chi connectivity index (χ2v) is 6.71. The maximum atomic E-state index is 10.00. The molecule has 0 spiro atoms. The van der Waals surface area contributed by atoms with Crippen LogP contribution >= 0.6 is 15.9 Å². The van der Waals surface area contributed by atoms with Crippen molar-refractivity contribution >= 4 is 15.9 Å². The zero-order valence-corrected chi connectivity index (χ0v) is 13.3. The van der Waals surface area contributed by atoms with Crippen LogP contribution in [0.15, 0.2) is 16.6 Å². The van der Waals surface area contributed by atoms with Gasteiger partial charge in [-0.15, -0.1) is 0 Å². The van der Waals surface area contributed by atoms with E-state index in [-0.39, 0.29) is 0 Å². The lowest BCUT2D eigenvalue weighted by Crippen LogP contribution is -2.42. The molecule has 2 aliphatic heterocycles. The van der Waals surface area contributed by atoms with Crippen molar-refractivity contribution < 1.29 is 14.6 Å². The van der Waals surface area contributed by atoms with Gasteiger partial charge in [0.25, 0.3) is 0 Å². The molecule has 1 aromatic carbocycles. The number of nitrogens with zero attached hydrogens (tertiary/aromatic N) is 1. The van der Waals surface area contributed by atoms with Gasteiger partial charge < -0.3 is 14.6 Å². The lowest BCUT2D eigenvalue weighted by atomic mass is 9.93. The fourth-order valence-corrected chi connectivity index (χ4v) is 3.11. The molecule has 110 valence electrons. The minimum absolute atomic E-state index is 0.499. The third-order valence-electron chi connectivity index (χ3n) is 4.04. The number of hydrogen-bond donors (Lipinski definition) is 1. The van der Waals surface area contributed by atoms with Crippen molar-refractivity contribution in [3.05, 3.63) is 22.2 Å². The van der Waals surface area contributed by atoms with Gasteiger partial charge in [-0.3, -0.25) is 4.90 Å². The SMILES string of the molecule is CC1(O)CCN(Cc2cc3c(cc2Br)OCCO3)CC1. The molecule has 0 unspecified atom stereocenters. The molecular formula is C15H20BrNO3. The summed E-state index contributed by atoms with van der Waals surface area (Å²) in [6.07, 6.45) is 1.66. The summed E-state index contributed by atoms with van der Waals surface area (Å²) in [5.41, 5.74) is 0.705. The van der Waals surface area contributed by atoms with E-state index in [1.165, 1.54) is 5.56 Å². The first-order chi connectivity index (χ1) is 9.53. The van der Waals surface area contributed by atoms with Gasteiger partial charge in [-0.05, 0) is 37.5 Å². The van der Waals surface area contributed by atoms with Crippen LogP contribution in [0.3, 0.4) is 0 Å². The Morgan fingerprint density at radius 2 is 1.80 bits per heavy atom. The Hall–Kier alpha value is -0.780. The van der Waals surface area contributed by atoms with Crippen LogP contribution in [0, 0.1) is 0 Å². The summed E-state index contributed by atoms with van der Waals surface area (Å²) in [6.45, 7) is 5.86. The molecule has 20 heavy (non-hydrogen) atoms. The van der Waals surface area contributed by atoms with Gasteiger partial charge in [-0.1, -0.05) is 15.9 Å². The van der Waals surface area contributed by atoms with E-state index >= 15 is 0 Å². The van der Waals surface area contributed by atoms with Crippen LogP contribution in [0.4, 0.5) is 0 Å². The Labute approximate surface area is 127 Å². The zero-order valence-electron chi connectivity index (χ0n) is 11.7. The number of rotatable bonds is 2. The van der Waals surface area contributed by atoms with Gasteiger partial charge >= 0.3 is 0 Å². The number of piperidine rings is 1. The van der Waals surface area contributed by atoms with E-state index in [1.54, 1.807) is 0 Å². The molecule has 0 bridgehead atoms. The maximum Gasteiger partial charge on any atom is 0.162 e. The summed E-state index contributed by atoms with van der Waals surface area (Å²) in [6, 6.07) is 4.05. The van der Waals surface area contributed by atoms with E-state index in [2.05, 4.69) is 26.9 Å². The normalized spacial score (nSPS) is 21.8. The smallest absolute Gasteiger partial charge is 0.162 e. The van der Waals surface area contributed by atoms with Gasteiger partial charge in [-0.25, -0.2) is 0 Å². The van der Waals surface area contributed by atoms with Gasteiger partial charge in [0.05, 0.1) is 5.60 Å². The number of likely N-dealkylation sites (tertiary alicyclic amines) is 1. The van der Waals surface area contributed by atoms with Crippen LogP contribution in [0.1, 0.15) is 25.3 Å². The Kier molecular flexibility index (Phi) is 3.93. The molecule has 0 aromatic heterocycles. The summed E-state index contributed by atoms with van der Waals surface area (Å²) >= 11 is 3.61. The van der Waals surface area contributed by atoms with Crippen LogP contribution in [-0.2, 0) is 6.54 Å². The number of hydrogen-bond acceptors (Lipinski definition) is 4. The largest absolute Gasteiger partial charge is 0.486 e. The number of ether oxygens (including phenoxy) is 2. The summed E-state index contributed by atoms with van der Waals surface area (Å²) in [5, 5.41) is 10.00. The molecule has 1 N–H and O–H groups in total. The summed E-state index contributed by atoms with van der Waals surface area (Å²) in [7, 11) is 0. The lowest BCUT2D eigenvalue weighted by Gasteiger charge is -2.36. The van der Waals surface area contributed by atoms with Crippen LogP contribution in [-0.4, -0.2) is 41.9 Å². The third kappa shape index (κ3) is 3.10. The molecule has 3 rings (SSSR count). The number of benzene rings is 1. The van der Waals surface area contributed by atoms with Crippen molar-refractivity contribution in [3.8, 4) is 11.5 Å². The van der Waals surface area contributed by atoms with Crippen LogP contribution < -0.4 is 9.47 Å². The first kappa shape index (κ1) is 14.2. The first-order valence-electron chi connectivity index (χ1n) is 7.06. The minimum Gasteiger partial charge on any atom is -0.486 e. The van der Waals surface area contributed by atoms with Gasteiger partial charge in [0, 0.05) is 24.1 Å². The van der Waals surface area contributed by atoms with Gasteiger partial charge in [0.2, 0.25) is 0 Å². The Balaban J connectivity index is 1.71. The van der Waals surface area contributed by atoms with Crippen molar-refractivity contribution in [2.24, 2.45) is 0 Å². The quantitative estimate of drug-likeness (QED) is 0.897. The van der Waals surface area contributed by atoms with E-state index in [4.69, 9.17) is 9.47 Å². The van der Waals surface area contributed by atoms with Crippen LogP contribution in [0.5, 0.6) is 11.5 Å². The van der Waals surface area contributed by atoms with E-state index < -0.39 is 5.60 Å². The maximum absolute atomic E-state index is 10.00. The minimum atomic E-state index is -0.499. The molecule has 0 atom stereocenters. The van der Waals surface area contributed by atoms with Gasteiger partial charge in [0.15, 0.2) is 11.5 Å². The molecule has 2 heterocycles. The molecule has 0 amide bonds. The lowest BCUT2D eigenvalue weighted by molar-refractivity contribution is -0.00737. The standard InChI is InChI=1S/C15H20BrNO3/c1-15(18)2-4-17(5-3-15)10-11-8-13-14(9-12(11)16)20-7-6-19-13/h8-9,18H,2-7,10H2,1H3. The van der Waals surface area contributed by atoms with E-state index in [0.717, 1.165) is 48.4 Å².